The van der Waals surface area contributed by atoms with Gasteiger partial charge in [0.05, 0.1) is 19.5 Å². The molecule has 0 saturated heterocycles. The molecule has 0 aliphatic heterocycles. The Bertz CT molecular complexity index is 1290. The van der Waals surface area contributed by atoms with Crippen LogP contribution in [0.2, 0.25) is 0 Å². The van der Waals surface area contributed by atoms with Gasteiger partial charge in [-0.2, -0.15) is 0 Å². The van der Waals surface area contributed by atoms with E-state index in [1.165, 1.54) is 7.11 Å². The van der Waals surface area contributed by atoms with E-state index in [0.29, 0.717) is 42.8 Å². The summed E-state index contributed by atoms with van der Waals surface area (Å²) in [5, 5.41) is 0. The Balaban J connectivity index is 1.38. The maximum absolute atomic E-state index is 12.4. The van der Waals surface area contributed by atoms with Crippen LogP contribution in [-0.4, -0.2) is 31.3 Å². The zero-order valence-corrected chi connectivity index (χ0v) is 21.8. The summed E-state index contributed by atoms with van der Waals surface area (Å²) in [5.74, 6) is 2.94. The van der Waals surface area contributed by atoms with Crippen LogP contribution in [0.1, 0.15) is 53.6 Å². The highest BCUT2D eigenvalue weighted by Crippen LogP contribution is 2.31. The van der Waals surface area contributed by atoms with Crippen LogP contribution in [0.5, 0.6) is 11.5 Å². The number of ether oxygens (including phenoxy) is 4. The van der Waals surface area contributed by atoms with E-state index in [9.17, 15) is 4.79 Å². The van der Waals surface area contributed by atoms with Crippen molar-refractivity contribution in [2.24, 2.45) is 0 Å². The average Bonchev–Trinajstić information content (AvgIpc) is 3.30. The van der Waals surface area contributed by atoms with E-state index >= 15 is 0 Å². The summed E-state index contributed by atoms with van der Waals surface area (Å²) in [5.41, 5.74) is 4.00. The average molecular weight is 504 g/mol. The number of methoxy groups -OCH3 is 1. The fraction of sp³-hybridized carbons (Fsp3) is 0.333. The Hall–Kier alpha value is -4.00. The number of aromatic nitrogens is 1. The van der Waals surface area contributed by atoms with Gasteiger partial charge in [-0.05, 0) is 62.1 Å². The molecule has 0 spiro atoms. The number of nitrogens with zero attached hydrogens (tertiary/aromatic N) is 1. The van der Waals surface area contributed by atoms with Gasteiger partial charge in [-0.1, -0.05) is 31.2 Å². The Morgan fingerprint density at radius 1 is 1.00 bits per heavy atom. The molecule has 1 heterocycles. The zero-order valence-electron chi connectivity index (χ0n) is 21.8. The molecule has 2 aromatic carbocycles. The number of oxazole rings is 1. The van der Waals surface area contributed by atoms with Gasteiger partial charge in [-0.25, -0.2) is 9.78 Å². The molecule has 37 heavy (non-hydrogen) atoms. The lowest BCUT2D eigenvalue weighted by Crippen LogP contribution is -2.11. The summed E-state index contributed by atoms with van der Waals surface area (Å²) < 4.78 is 28.7. The fourth-order valence-electron chi connectivity index (χ4n) is 4.00. The number of carbonyl (C=O) groups is 1. The van der Waals surface area contributed by atoms with Crippen LogP contribution in [0, 0.1) is 13.8 Å². The number of rotatable bonds is 11. The molecule has 0 radical (unpaired) electrons. The molecule has 0 bridgehead atoms. The van der Waals surface area contributed by atoms with Crippen molar-refractivity contribution in [1.29, 1.82) is 0 Å². The van der Waals surface area contributed by atoms with Gasteiger partial charge < -0.3 is 23.4 Å². The standard InChI is InChI=1S/C30H33NO6/c1-5-15-34-25-16-20(2)28(30(32)33-4)27(17-25)36-18-22-11-13-24(14-12-22)35-19-26-21(3)37-29(31-26)23-9-7-6-8-10-23/h6-11,13,16-17H,5,12,14-15,18-19H2,1-4H3. The lowest BCUT2D eigenvalue weighted by Gasteiger charge is -2.18. The summed E-state index contributed by atoms with van der Waals surface area (Å²) in [6.07, 6.45) is 6.40. The SMILES string of the molecule is CCCOc1cc(C)c(C(=O)OC)c(OCC2=CC=C(OCc3nc(-c4ccccc4)oc3C)CC2)c1. The van der Waals surface area contributed by atoms with E-state index in [0.717, 1.165) is 53.2 Å². The molecule has 0 N–H and O–H groups in total. The molecule has 194 valence electrons. The minimum Gasteiger partial charge on any atom is -0.493 e. The molecule has 7 nitrogen and oxygen atoms in total. The predicted molar refractivity (Wildman–Crippen MR) is 141 cm³/mol. The first kappa shape index (κ1) is 26.1. The second-order valence-electron chi connectivity index (χ2n) is 8.88. The topological polar surface area (TPSA) is 80.0 Å². The van der Waals surface area contributed by atoms with Crippen LogP contribution in [0.15, 0.2) is 70.4 Å². The number of aryl methyl sites for hydroxylation is 2. The first-order valence-electron chi connectivity index (χ1n) is 12.5. The van der Waals surface area contributed by atoms with Gasteiger partial charge in [0, 0.05) is 18.1 Å². The molecule has 7 heteroatoms. The van der Waals surface area contributed by atoms with Crippen molar-refractivity contribution in [3.05, 3.63) is 88.5 Å². The molecule has 3 aromatic rings. The van der Waals surface area contributed by atoms with Gasteiger partial charge in [0.2, 0.25) is 5.89 Å². The molecular weight excluding hydrogens is 470 g/mol. The van der Waals surface area contributed by atoms with E-state index in [1.54, 1.807) is 6.07 Å². The lowest BCUT2D eigenvalue weighted by molar-refractivity contribution is 0.0595. The van der Waals surface area contributed by atoms with E-state index in [2.05, 4.69) is 4.98 Å². The highest BCUT2D eigenvalue weighted by atomic mass is 16.5. The van der Waals surface area contributed by atoms with E-state index in [-0.39, 0.29) is 0 Å². The van der Waals surface area contributed by atoms with Gasteiger partial charge in [0.15, 0.2) is 0 Å². The summed E-state index contributed by atoms with van der Waals surface area (Å²) in [4.78, 5) is 17.0. The van der Waals surface area contributed by atoms with Gasteiger partial charge in [0.1, 0.15) is 41.7 Å². The summed E-state index contributed by atoms with van der Waals surface area (Å²) in [6.45, 7) is 7.09. The predicted octanol–water partition coefficient (Wildman–Crippen LogP) is 6.73. The molecule has 0 saturated carbocycles. The van der Waals surface area contributed by atoms with Crippen molar-refractivity contribution in [2.45, 2.75) is 46.6 Å². The normalized spacial score (nSPS) is 13.0. The van der Waals surface area contributed by atoms with Crippen LogP contribution in [-0.2, 0) is 16.1 Å². The third-order valence-electron chi connectivity index (χ3n) is 6.05. The Kier molecular flexibility index (Phi) is 8.67. The smallest absolute Gasteiger partial charge is 0.341 e. The van der Waals surface area contributed by atoms with Crippen molar-refractivity contribution < 1.29 is 28.2 Å². The molecule has 0 amide bonds. The maximum atomic E-state index is 12.4. The highest BCUT2D eigenvalue weighted by Gasteiger charge is 2.20. The third kappa shape index (κ3) is 6.61. The Labute approximate surface area is 217 Å². The molecule has 1 aliphatic carbocycles. The molecule has 1 aliphatic rings. The van der Waals surface area contributed by atoms with Crippen LogP contribution < -0.4 is 9.47 Å². The molecular formula is C30H33NO6. The molecule has 0 atom stereocenters. The van der Waals surface area contributed by atoms with Crippen molar-refractivity contribution in [2.75, 3.05) is 20.3 Å². The van der Waals surface area contributed by atoms with E-state index in [1.807, 2.05) is 69.3 Å². The number of carbonyl (C=O) groups excluding carboxylic acids is 1. The minimum atomic E-state index is -0.429. The van der Waals surface area contributed by atoms with Crippen molar-refractivity contribution in [3.63, 3.8) is 0 Å². The number of esters is 1. The van der Waals surface area contributed by atoms with Crippen molar-refractivity contribution in [1.82, 2.24) is 4.98 Å². The van der Waals surface area contributed by atoms with Crippen molar-refractivity contribution in [3.8, 4) is 23.0 Å². The minimum absolute atomic E-state index is 0.347. The van der Waals surface area contributed by atoms with Gasteiger partial charge in [-0.15, -0.1) is 0 Å². The van der Waals surface area contributed by atoms with Crippen LogP contribution in [0.25, 0.3) is 11.5 Å². The largest absolute Gasteiger partial charge is 0.493 e. The van der Waals surface area contributed by atoms with Crippen LogP contribution >= 0.6 is 0 Å². The van der Waals surface area contributed by atoms with Gasteiger partial charge in [0.25, 0.3) is 0 Å². The second-order valence-corrected chi connectivity index (χ2v) is 8.88. The van der Waals surface area contributed by atoms with Crippen LogP contribution in [0.3, 0.4) is 0 Å². The zero-order chi connectivity index (χ0) is 26.2. The lowest BCUT2D eigenvalue weighted by atomic mass is 10.0. The first-order chi connectivity index (χ1) is 18.0. The fourth-order valence-corrected chi connectivity index (χ4v) is 4.00. The number of hydrogen-bond donors (Lipinski definition) is 0. The third-order valence-corrected chi connectivity index (χ3v) is 6.05. The molecule has 0 unspecified atom stereocenters. The highest BCUT2D eigenvalue weighted by molar-refractivity contribution is 5.94. The van der Waals surface area contributed by atoms with Crippen molar-refractivity contribution >= 4 is 5.97 Å². The number of benzene rings is 2. The van der Waals surface area contributed by atoms with Gasteiger partial charge in [-0.3, -0.25) is 0 Å². The van der Waals surface area contributed by atoms with Gasteiger partial charge >= 0.3 is 5.97 Å². The molecule has 4 rings (SSSR count). The maximum Gasteiger partial charge on any atom is 0.341 e. The second kappa shape index (κ2) is 12.3. The Morgan fingerprint density at radius 2 is 1.81 bits per heavy atom. The number of allylic oxidation sites excluding steroid dienone is 3. The molecule has 0 fully saturated rings. The quantitative estimate of drug-likeness (QED) is 0.268. The summed E-state index contributed by atoms with van der Waals surface area (Å²) in [6, 6.07) is 13.4. The first-order valence-corrected chi connectivity index (χ1v) is 12.5. The Morgan fingerprint density at radius 3 is 2.51 bits per heavy atom. The van der Waals surface area contributed by atoms with E-state index in [4.69, 9.17) is 23.4 Å². The van der Waals surface area contributed by atoms with E-state index < -0.39 is 5.97 Å². The monoisotopic (exact) mass is 503 g/mol. The number of hydrogen-bond acceptors (Lipinski definition) is 7. The molecule has 1 aromatic heterocycles. The summed E-state index contributed by atoms with van der Waals surface area (Å²) >= 11 is 0. The summed E-state index contributed by atoms with van der Waals surface area (Å²) in [7, 11) is 1.37. The van der Waals surface area contributed by atoms with Crippen LogP contribution in [0.4, 0.5) is 0 Å².